The number of nitrogens with one attached hydrogen (secondary N) is 1. The van der Waals surface area contributed by atoms with Crippen LogP contribution in [0.2, 0.25) is 0 Å². The van der Waals surface area contributed by atoms with Gasteiger partial charge in [0, 0.05) is 18.1 Å². The number of hydrogen-bond acceptors (Lipinski definition) is 2. The molecule has 0 spiro atoms. The van der Waals surface area contributed by atoms with Gasteiger partial charge >= 0.3 is 0 Å². The van der Waals surface area contributed by atoms with Gasteiger partial charge < -0.3 is 10.2 Å². The maximum Gasteiger partial charge on any atom is 0.0102 e. The van der Waals surface area contributed by atoms with E-state index in [-0.39, 0.29) is 5.54 Å². The van der Waals surface area contributed by atoms with E-state index in [1.807, 2.05) is 0 Å². The van der Waals surface area contributed by atoms with Crippen LogP contribution in [0.4, 0.5) is 0 Å². The zero-order valence-electron chi connectivity index (χ0n) is 12.9. The van der Waals surface area contributed by atoms with E-state index in [1.165, 1.54) is 13.0 Å². The molecule has 4 atom stereocenters. The molecule has 0 aliphatic heterocycles. The van der Waals surface area contributed by atoms with Crippen molar-refractivity contribution in [2.45, 2.75) is 59.5 Å². The molecule has 0 amide bonds. The van der Waals surface area contributed by atoms with Crippen LogP contribution in [0, 0.1) is 17.8 Å². The minimum atomic E-state index is 0.234. The number of nitrogens with zero attached hydrogens (tertiary/aromatic N) is 1. The highest BCUT2D eigenvalue weighted by Crippen LogP contribution is 2.38. The van der Waals surface area contributed by atoms with Crippen LogP contribution < -0.4 is 5.32 Å². The van der Waals surface area contributed by atoms with E-state index in [9.17, 15) is 0 Å². The summed E-state index contributed by atoms with van der Waals surface area (Å²) in [5.74, 6) is 2.63. The highest BCUT2D eigenvalue weighted by atomic mass is 15.1. The van der Waals surface area contributed by atoms with E-state index in [2.05, 4.69) is 58.8 Å². The van der Waals surface area contributed by atoms with Crippen molar-refractivity contribution in [1.82, 2.24) is 10.2 Å². The monoisotopic (exact) mass is 240 g/mol. The third kappa shape index (κ3) is 5.39. The molecule has 2 nitrogen and oxygen atoms in total. The summed E-state index contributed by atoms with van der Waals surface area (Å²) in [4.78, 5) is 2.54. The summed E-state index contributed by atoms with van der Waals surface area (Å²) < 4.78 is 0. The Bertz CT molecular complexity index is 232. The van der Waals surface area contributed by atoms with E-state index in [0.29, 0.717) is 12.0 Å². The molecule has 1 rings (SSSR count). The predicted octanol–water partition coefficient (Wildman–Crippen LogP) is 2.99. The van der Waals surface area contributed by atoms with Gasteiger partial charge in [0.05, 0.1) is 0 Å². The third-order valence-corrected chi connectivity index (χ3v) is 4.27. The molecule has 1 saturated carbocycles. The van der Waals surface area contributed by atoms with Gasteiger partial charge in [0.2, 0.25) is 0 Å². The fourth-order valence-corrected chi connectivity index (χ4v) is 2.26. The van der Waals surface area contributed by atoms with Crippen molar-refractivity contribution >= 4 is 0 Å². The molecule has 0 aromatic rings. The van der Waals surface area contributed by atoms with E-state index in [1.54, 1.807) is 0 Å². The second-order valence-corrected chi connectivity index (χ2v) is 7.26. The molecule has 0 saturated heterocycles. The molecule has 0 radical (unpaired) electrons. The first-order valence-electron chi connectivity index (χ1n) is 7.16. The van der Waals surface area contributed by atoms with Gasteiger partial charge in [-0.2, -0.15) is 0 Å². The third-order valence-electron chi connectivity index (χ3n) is 4.27. The van der Waals surface area contributed by atoms with Gasteiger partial charge in [-0.15, -0.1) is 0 Å². The Kier molecular flexibility index (Phi) is 5.03. The summed E-state index contributed by atoms with van der Waals surface area (Å²) in [6, 6.07) is 0.664. The minimum absolute atomic E-state index is 0.234. The molecule has 0 bridgehead atoms. The largest absolute Gasteiger partial charge is 0.312 e. The highest BCUT2D eigenvalue weighted by molar-refractivity contribution is 4.86. The lowest BCUT2D eigenvalue weighted by atomic mass is 10.00. The molecule has 2 heteroatoms. The van der Waals surface area contributed by atoms with Crippen molar-refractivity contribution in [3.05, 3.63) is 0 Å². The molecule has 1 fully saturated rings. The average molecular weight is 240 g/mol. The Morgan fingerprint density at radius 1 is 1.29 bits per heavy atom. The van der Waals surface area contributed by atoms with Crippen molar-refractivity contribution < 1.29 is 0 Å². The maximum absolute atomic E-state index is 3.61. The van der Waals surface area contributed by atoms with Crippen LogP contribution in [0.15, 0.2) is 0 Å². The second-order valence-electron chi connectivity index (χ2n) is 7.26. The topological polar surface area (TPSA) is 15.3 Å². The first kappa shape index (κ1) is 15.0. The van der Waals surface area contributed by atoms with Crippen molar-refractivity contribution in [3.8, 4) is 0 Å². The molecule has 1 N–H and O–H groups in total. The van der Waals surface area contributed by atoms with Crippen LogP contribution in [0.25, 0.3) is 0 Å². The SMILES string of the molecule is CC1CC1CN(C)C(C)C(C)CNC(C)(C)C. The van der Waals surface area contributed by atoms with Crippen LogP contribution in [-0.4, -0.2) is 36.6 Å². The Morgan fingerprint density at radius 2 is 1.82 bits per heavy atom. The Balaban J connectivity index is 2.27. The quantitative estimate of drug-likeness (QED) is 0.768. The summed E-state index contributed by atoms with van der Waals surface area (Å²) in [6.45, 7) is 16.2. The van der Waals surface area contributed by atoms with Crippen molar-refractivity contribution in [2.24, 2.45) is 17.8 Å². The first-order valence-corrected chi connectivity index (χ1v) is 7.16. The molecule has 4 unspecified atom stereocenters. The summed E-state index contributed by atoms with van der Waals surface area (Å²) in [6.07, 6.45) is 1.44. The molecule has 0 aromatic heterocycles. The normalized spacial score (nSPS) is 28.2. The van der Waals surface area contributed by atoms with Crippen molar-refractivity contribution in [1.29, 1.82) is 0 Å². The van der Waals surface area contributed by atoms with Gasteiger partial charge in [0.1, 0.15) is 0 Å². The standard InChI is InChI=1S/C15H32N2/c1-11-8-14(11)10-17(7)13(3)12(2)9-16-15(4,5)6/h11-14,16H,8-10H2,1-7H3. The van der Waals surface area contributed by atoms with E-state index in [0.717, 1.165) is 18.4 Å². The fraction of sp³-hybridized carbons (Fsp3) is 1.00. The molecule has 17 heavy (non-hydrogen) atoms. The average Bonchev–Trinajstić information content (AvgIpc) is 2.88. The highest BCUT2D eigenvalue weighted by Gasteiger charge is 2.34. The zero-order chi connectivity index (χ0) is 13.2. The van der Waals surface area contributed by atoms with Gasteiger partial charge in [0.15, 0.2) is 0 Å². The van der Waals surface area contributed by atoms with E-state index >= 15 is 0 Å². The smallest absolute Gasteiger partial charge is 0.0102 e. The van der Waals surface area contributed by atoms with Gasteiger partial charge in [-0.25, -0.2) is 0 Å². The first-order chi connectivity index (χ1) is 7.70. The lowest BCUT2D eigenvalue weighted by Crippen LogP contribution is -2.44. The number of hydrogen-bond donors (Lipinski definition) is 1. The Hall–Kier alpha value is -0.0800. The Labute approximate surface area is 108 Å². The molecule has 1 aliphatic rings. The summed E-state index contributed by atoms with van der Waals surface area (Å²) in [5, 5.41) is 3.61. The lowest BCUT2D eigenvalue weighted by molar-refractivity contribution is 0.180. The Morgan fingerprint density at radius 3 is 2.24 bits per heavy atom. The summed E-state index contributed by atoms with van der Waals surface area (Å²) in [7, 11) is 2.28. The lowest BCUT2D eigenvalue weighted by Gasteiger charge is -2.32. The fourth-order valence-electron chi connectivity index (χ4n) is 2.26. The maximum atomic E-state index is 3.61. The molecule has 102 valence electrons. The van der Waals surface area contributed by atoms with Gasteiger partial charge in [-0.3, -0.25) is 0 Å². The van der Waals surface area contributed by atoms with Crippen LogP contribution in [0.3, 0.4) is 0 Å². The minimum Gasteiger partial charge on any atom is -0.312 e. The molecule has 0 aromatic carbocycles. The van der Waals surface area contributed by atoms with Gasteiger partial charge in [-0.05, 0) is 65.5 Å². The van der Waals surface area contributed by atoms with Crippen LogP contribution in [-0.2, 0) is 0 Å². The van der Waals surface area contributed by atoms with Gasteiger partial charge in [0.25, 0.3) is 0 Å². The predicted molar refractivity (Wildman–Crippen MR) is 76.3 cm³/mol. The summed E-state index contributed by atoms with van der Waals surface area (Å²) >= 11 is 0. The zero-order valence-corrected chi connectivity index (χ0v) is 12.9. The van der Waals surface area contributed by atoms with Crippen molar-refractivity contribution in [3.63, 3.8) is 0 Å². The molecular formula is C15H32N2. The molecule has 0 heterocycles. The van der Waals surface area contributed by atoms with Crippen molar-refractivity contribution in [2.75, 3.05) is 20.1 Å². The number of rotatable bonds is 6. The molecule has 1 aliphatic carbocycles. The second kappa shape index (κ2) is 5.71. The van der Waals surface area contributed by atoms with E-state index in [4.69, 9.17) is 0 Å². The van der Waals surface area contributed by atoms with Gasteiger partial charge in [-0.1, -0.05) is 13.8 Å². The van der Waals surface area contributed by atoms with Crippen LogP contribution in [0.5, 0.6) is 0 Å². The van der Waals surface area contributed by atoms with E-state index < -0.39 is 0 Å². The van der Waals surface area contributed by atoms with Crippen LogP contribution in [0.1, 0.15) is 48.0 Å². The van der Waals surface area contributed by atoms with Crippen LogP contribution >= 0.6 is 0 Å². The summed E-state index contributed by atoms with van der Waals surface area (Å²) in [5.41, 5.74) is 0.234. The molecular weight excluding hydrogens is 208 g/mol.